The molecular weight excluding hydrogens is 419 g/mol. The summed E-state index contributed by atoms with van der Waals surface area (Å²) in [6.07, 6.45) is 12.6. The molecule has 1 aromatic carbocycles. The monoisotopic (exact) mass is 462 g/mol. The van der Waals surface area contributed by atoms with Gasteiger partial charge in [0, 0.05) is 11.2 Å². The maximum atomic E-state index is 14.1. The summed E-state index contributed by atoms with van der Waals surface area (Å²) in [6, 6.07) is 3.92. The number of aryl methyl sites for hydroxylation is 3. The molecule has 1 saturated carbocycles. The number of ether oxygens (including phenoxy) is 1. The smallest absolute Gasteiger partial charge is 0.313 e. The minimum atomic E-state index is -3.40. The normalized spacial score (nSPS) is 16.1. The molecule has 0 spiro atoms. The summed E-state index contributed by atoms with van der Waals surface area (Å²) < 4.78 is 19.6. The molecular formula is C27H43O4P. The molecule has 2 rings (SSSR count). The third kappa shape index (κ3) is 7.58. The van der Waals surface area contributed by atoms with Gasteiger partial charge in [0.15, 0.2) is 7.14 Å². The predicted molar refractivity (Wildman–Crippen MR) is 133 cm³/mol. The maximum Gasteiger partial charge on any atom is 0.313 e. The average Bonchev–Trinajstić information content (AvgIpc) is 3.27. The first-order valence-electron chi connectivity index (χ1n) is 12.7. The van der Waals surface area contributed by atoms with E-state index in [2.05, 4.69) is 6.92 Å². The van der Waals surface area contributed by atoms with Crippen molar-refractivity contribution in [3.8, 4) is 0 Å². The molecule has 1 fully saturated rings. The first-order chi connectivity index (χ1) is 15.3. The molecule has 32 heavy (non-hydrogen) atoms. The standard InChI is InChI=1S/C27H43O4P/c1-5-6-7-8-9-10-11-14-17-31-25(28)20-32(30,24-15-12-13-16-24)27(29)26-22(3)18-21(2)19-23(26)4/h18-19,24H,5-17,20H2,1-4H3. The lowest BCUT2D eigenvalue weighted by atomic mass is 10.0. The molecule has 1 aromatic rings. The number of esters is 1. The molecule has 4 nitrogen and oxygen atoms in total. The Kier molecular flexibility index (Phi) is 11.2. The van der Waals surface area contributed by atoms with E-state index in [0.717, 1.165) is 61.6 Å². The molecule has 0 bridgehead atoms. The Morgan fingerprint density at radius 3 is 2.00 bits per heavy atom. The van der Waals surface area contributed by atoms with Crippen LogP contribution in [0, 0.1) is 20.8 Å². The van der Waals surface area contributed by atoms with Gasteiger partial charge in [0.2, 0.25) is 5.52 Å². The van der Waals surface area contributed by atoms with Gasteiger partial charge < -0.3 is 9.30 Å². The van der Waals surface area contributed by atoms with Gasteiger partial charge >= 0.3 is 5.97 Å². The van der Waals surface area contributed by atoms with Crippen LogP contribution in [0.25, 0.3) is 0 Å². The average molecular weight is 463 g/mol. The zero-order valence-electron chi connectivity index (χ0n) is 20.7. The summed E-state index contributed by atoms with van der Waals surface area (Å²) in [5.74, 6) is -0.473. The van der Waals surface area contributed by atoms with E-state index in [0.29, 0.717) is 12.2 Å². The topological polar surface area (TPSA) is 60.4 Å². The number of hydrogen-bond acceptors (Lipinski definition) is 4. The van der Waals surface area contributed by atoms with Gasteiger partial charge in [0.1, 0.15) is 6.16 Å². The molecule has 1 aliphatic rings. The molecule has 1 unspecified atom stereocenters. The highest BCUT2D eigenvalue weighted by Crippen LogP contribution is 2.59. The molecule has 0 heterocycles. The van der Waals surface area contributed by atoms with Crippen LogP contribution in [0.3, 0.4) is 0 Å². The second-order valence-corrected chi connectivity index (χ2v) is 12.7. The van der Waals surface area contributed by atoms with Crippen LogP contribution in [0.15, 0.2) is 12.1 Å². The van der Waals surface area contributed by atoms with E-state index in [1.165, 1.54) is 32.1 Å². The van der Waals surface area contributed by atoms with Crippen molar-refractivity contribution in [1.82, 2.24) is 0 Å². The fraction of sp³-hybridized carbons (Fsp3) is 0.704. The van der Waals surface area contributed by atoms with E-state index < -0.39 is 13.1 Å². The first-order valence-corrected chi connectivity index (χ1v) is 14.6. The molecule has 1 atom stereocenters. The van der Waals surface area contributed by atoms with Crippen molar-refractivity contribution in [3.63, 3.8) is 0 Å². The third-order valence-corrected chi connectivity index (χ3v) is 10.1. The molecule has 5 heteroatoms. The molecule has 1 aliphatic carbocycles. The van der Waals surface area contributed by atoms with Crippen molar-refractivity contribution >= 4 is 18.6 Å². The Bertz CT molecular complexity index is 785. The Labute approximate surface area is 195 Å². The summed E-state index contributed by atoms with van der Waals surface area (Å²) in [4.78, 5) is 26.2. The number of rotatable bonds is 14. The molecule has 0 N–H and O–H groups in total. The van der Waals surface area contributed by atoms with E-state index in [1.807, 2.05) is 32.9 Å². The highest BCUT2D eigenvalue weighted by molar-refractivity contribution is 7.82. The van der Waals surface area contributed by atoms with Gasteiger partial charge in [-0.3, -0.25) is 9.59 Å². The van der Waals surface area contributed by atoms with Gasteiger partial charge in [0.25, 0.3) is 0 Å². The van der Waals surface area contributed by atoms with E-state index in [4.69, 9.17) is 4.74 Å². The van der Waals surface area contributed by atoms with Crippen LogP contribution in [0.4, 0.5) is 0 Å². The SMILES string of the molecule is CCCCCCCCCCOC(=O)CP(=O)(C(=O)c1c(C)cc(C)cc1C)C1CCCC1. The van der Waals surface area contributed by atoms with Crippen molar-refractivity contribution in [2.45, 2.75) is 110 Å². The largest absolute Gasteiger partial charge is 0.465 e. The highest BCUT2D eigenvalue weighted by Gasteiger charge is 2.44. The summed E-state index contributed by atoms with van der Waals surface area (Å²) in [5.41, 5.74) is 2.81. The zero-order chi connectivity index (χ0) is 23.6. The lowest BCUT2D eigenvalue weighted by Crippen LogP contribution is -2.22. The van der Waals surface area contributed by atoms with Gasteiger partial charge in [-0.15, -0.1) is 0 Å². The van der Waals surface area contributed by atoms with Crippen LogP contribution < -0.4 is 0 Å². The van der Waals surface area contributed by atoms with E-state index >= 15 is 0 Å². The molecule has 0 radical (unpaired) electrons. The Morgan fingerprint density at radius 1 is 0.906 bits per heavy atom. The maximum absolute atomic E-state index is 14.1. The summed E-state index contributed by atoms with van der Waals surface area (Å²) in [5, 5.41) is 0. The van der Waals surface area contributed by atoms with Gasteiger partial charge in [-0.25, -0.2) is 0 Å². The number of carbonyl (C=O) groups is 2. The molecule has 0 aromatic heterocycles. The third-order valence-electron chi connectivity index (χ3n) is 6.77. The van der Waals surface area contributed by atoms with E-state index in [1.54, 1.807) is 0 Å². The second kappa shape index (κ2) is 13.3. The number of unbranched alkanes of at least 4 members (excludes halogenated alkanes) is 7. The minimum absolute atomic E-state index is 0.189. The van der Waals surface area contributed by atoms with Crippen LogP contribution in [-0.2, 0) is 14.1 Å². The van der Waals surface area contributed by atoms with Crippen LogP contribution in [0.1, 0.15) is 111 Å². The predicted octanol–water partition coefficient (Wildman–Crippen LogP) is 7.74. The van der Waals surface area contributed by atoms with Crippen molar-refractivity contribution in [3.05, 3.63) is 34.4 Å². The highest BCUT2D eigenvalue weighted by atomic mass is 31.2. The fourth-order valence-electron chi connectivity index (χ4n) is 5.05. The Morgan fingerprint density at radius 2 is 1.44 bits per heavy atom. The number of carbonyl (C=O) groups excluding carboxylic acids is 2. The molecule has 0 amide bonds. The second-order valence-electron chi connectivity index (χ2n) is 9.67. The van der Waals surface area contributed by atoms with Crippen LogP contribution in [0.5, 0.6) is 0 Å². The molecule has 0 saturated heterocycles. The van der Waals surface area contributed by atoms with Gasteiger partial charge in [-0.1, -0.05) is 82.4 Å². The van der Waals surface area contributed by atoms with Gasteiger partial charge in [0.05, 0.1) is 6.61 Å². The van der Waals surface area contributed by atoms with Crippen molar-refractivity contribution in [2.75, 3.05) is 12.8 Å². The molecule has 180 valence electrons. The Hall–Kier alpha value is -1.41. The lowest BCUT2D eigenvalue weighted by Gasteiger charge is -2.24. The number of hydrogen-bond donors (Lipinski definition) is 0. The molecule has 0 aliphatic heterocycles. The first kappa shape index (κ1) is 26.8. The van der Waals surface area contributed by atoms with Crippen LogP contribution in [0.2, 0.25) is 0 Å². The van der Waals surface area contributed by atoms with Crippen molar-refractivity contribution in [1.29, 1.82) is 0 Å². The summed E-state index contributed by atoms with van der Waals surface area (Å²) in [6.45, 7) is 8.36. The fourth-order valence-corrected chi connectivity index (χ4v) is 8.19. The quantitative estimate of drug-likeness (QED) is 0.161. The van der Waals surface area contributed by atoms with E-state index in [-0.39, 0.29) is 17.3 Å². The van der Waals surface area contributed by atoms with Gasteiger partial charge in [-0.2, -0.15) is 0 Å². The van der Waals surface area contributed by atoms with Crippen molar-refractivity contribution in [2.24, 2.45) is 0 Å². The van der Waals surface area contributed by atoms with Crippen LogP contribution in [-0.4, -0.2) is 29.9 Å². The zero-order valence-corrected chi connectivity index (χ0v) is 21.6. The number of benzene rings is 1. The van der Waals surface area contributed by atoms with Gasteiger partial charge in [-0.05, 0) is 51.2 Å². The minimum Gasteiger partial charge on any atom is -0.465 e. The summed E-state index contributed by atoms with van der Waals surface area (Å²) >= 11 is 0. The van der Waals surface area contributed by atoms with E-state index in [9.17, 15) is 14.2 Å². The Balaban J connectivity index is 1.95. The summed E-state index contributed by atoms with van der Waals surface area (Å²) in [7, 11) is -3.40. The van der Waals surface area contributed by atoms with Crippen LogP contribution >= 0.6 is 7.14 Å². The van der Waals surface area contributed by atoms with Crippen molar-refractivity contribution < 1.29 is 18.9 Å². The lowest BCUT2D eigenvalue weighted by molar-refractivity contribution is -0.140.